The molecule has 1 fully saturated rings. The zero-order valence-corrected chi connectivity index (χ0v) is 14.7. The van der Waals surface area contributed by atoms with Crippen molar-refractivity contribution in [3.05, 3.63) is 0 Å². The molecule has 1 N–H and O–H groups in total. The molecule has 1 aliphatic rings. The van der Waals surface area contributed by atoms with Crippen molar-refractivity contribution in [1.29, 1.82) is 0 Å². The topological polar surface area (TPSA) is 79.0 Å². The molecular weight excluding hydrogens is 306 g/mol. The molecule has 1 unspecified atom stereocenters. The number of ether oxygens (including phenoxy) is 1. The summed E-state index contributed by atoms with van der Waals surface area (Å²) >= 11 is 0. The minimum absolute atomic E-state index is 0.0271. The van der Waals surface area contributed by atoms with Gasteiger partial charge in [-0.1, -0.05) is 0 Å². The maximum absolute atomic E-state index is 12.2. The first-order chi connectivity index (χ1) is 10.4. The van der Waals surface area contributed by atoms with Crippen molar-refractivity contribution in [1.82, 2.24) is 14.5 Å². The Labute approximate surface area is 134 Å². The van der Waals surface area contributed by atoms with Crippen LogP contribution in [0.1, 0.15) is 19.3 Å². The molecule has 1 aliphatic heterocycles. The number of carbonyl (C=O) groups excluding carboxylic acids is 1. The number of amides is 1. The summed E-state index contributed by atoms with van der Waals surface area (Å²) in [5, 5.41) is 2.91. The van der Waals surface area contributed by atoms with E-state index in [0.29, 0.717) is 13.1 Å². The monoisotopic (exact) mass is 335 g/mol. The lowest BCUT2D eigenvalue weighted by atomic mass is 9.99. The molecule has 0 aromatic carbocycles. The molecule has 7 nitrogen and oxygen atoms in total. The third-order valence-electron chi connectivity index (χ3n) is 3.78. The maximum atomic E-state index is 12.2. The van der Waals surface area contributed by atoms with Crippen LogP contribution in [0.5, 0.6) is 0 Å². The first-order valence-corrected chi connectivity index (χ1v) is 9.37. The van der Waals surface area contributed by atoms with Gasteiger partial charge in [0, 0.05) is 26.7 Å². The van der Waals surface area contributed by atoms with Crippen LogP contribution in [0, 0.1) is 5.92 Å². The fourth-order valence-corrected chi connectivity index (χ4v) is 3.93. The van der Waals surface area contributed by atoms with E-state index in [1.54, 1.807) is 0 Å². The summed E-state index contributed by atoms with van der Waals surface area (Å²) in [4.78, 5) is 14.2. The van der Waals surface area contributed by atoms with Gasteiger partial charge in [-0.3, -0.25) is 4.79 Å². The van der Waals surface area contributed by atoms with Gasteiger partial charge in [0.2, 0.25) is 15.9 Å². The molecule has 8 heteroatoms. The molecule has 0 aromatic rings. The van der Waals surface area contributed by atoms with Gasteiger partial charge in [-0.05, 0) is 39.9 Å². The molecule has 1 rings (SSSR count). The highest BCUT2D eigenvalue weighted by molar-refractivity contribution is 7.89. The van der Waals surface area contributed by atoms with Gasteiger partial charge in [0.25, 0.3) is 0 Å². The molecule has 0 aliphatic carbocycles. The fraction of sp³-hybridized carbons (Fsp3) is 0.929. The largest absolute Gasteiger partial charge is 0.384 e. The van der Waals surface area contributed by atoms with E-state index in [-0.39, 0.29) is 30.7 Å². The third kappa shape index (κ3) is 6.60. The molecule has 0 saturated carbocycles. The van der Waals surface area contributed by atoms with E-state index in [4.69, 9.17) is 4.74 Å². The number of piperidine rings is 1. The highest BCUT2D eigenvalue weighted by atomic mass is 32.2. The smallest absolute Gasteiger partial charge is 0.224 e. The molecule has 1 atom stereocenters. The van der Waals surface area contributed by atoms with Gasteiger partial charge in [-0.2, -0.15) is 0 Å². The minimum atomic E-state index is -3.33. The zero-order chi connectivity index (χ0) is 16.6. The third-order valence-corrected chi connectivity index (χ3v) is 5.58. The second-order valence-corrected chi connectivity index (χ2v) is 8.04. The van der Waals surface area contributed by atoms with Crippen molar-refractivity contribution >= 4 is 15.9 Å². The average Bonchev–Trinajstić information content (AvgIpc) is 2.49. The lowest BCUT2D eigenvalue weighted by Crippen LogP contribution is -2.46. The lowest BCUT2D eigenvalue weighted by Gasteiger charge is -2.31. The summed E-state index contributed by atoms with van der Waals surface area (Å²) in [5.41, 5.74) is 0. The Hall–Kier alpha value is -0.700. The van der Waals surface area contributed by atoms with E-state index >= 15 is 0 Å². The van der Waals surface area contributed by atoms with Crippen molar-refractivity contribution in [2.45, 2.75) is 19.3 Å². The molecule has 130 valence electrons. The first-order valence-electron chi connectivity index (χ1n) is 7.76. The number of methoxy groups -OCH3 is 1. The Kier molecular flexibility index (Phi) is 8.30. The Balaban J connectivity index is 2.43. The number of hydrogen-bond acceptors (Lipinski definition) is 5. The van der Waals surface area contributed by atoms with Crippen LogP contribution in [0.15, 0.2) is 0 Å². The predicted molar refractivity (Wildman–Crippen MR) is 86.1 cm³/mol. The van der Waals surface area contributed by atoms with Crippen LogP contribution in [0.2, 0.25) is 0 Å². The molecule has 1 saturated heterocycles. The average molecular weight is 335 g/mol. The molecule has 0 bridgehead atoms. The molecule has 1 amide bonds. The highest BCUT2D eigenvalue weighted by Gasteiger charge is 2.31. The van der Waals surface area contributed by atoms with E-state index < -0.39 is 10.0 Å². The Morgan fingerprint density at radius 1 is 1.41 bits per heavy atom. The van der Waals surface area contributed by atoms with Crippen LogP contribution in [0.3, 0.4) is 0 Å². The summed E-state index contributed by atoms with van der Waals surface area (Å²) in [6, 6.07) is 0. The Bertz CT molecular complexity index is 439. The second-order valence-electron chi connectivity index (χ2n) is 5.95. The number of rotatable bonds is 9. The Morgan fingerprint density at radius 2 is 2.14 bits per heavy atom. The Morgan fingerprint density at radius 3 is 2.77 bits per heavy atom. The van der Waals surface area contributed by atoms with E-state index in [0.717, 1.165) is 25.8 Å². The number of sulfonamides is 1. The van der Waals surface area contributed by atoms with Gasteiger partial charge < -0.3 is 15.0 Å². The van der Waals surface area contributed by atoms with Crippen LogP contribution in [-0.4, -0.2) is 83.3 Å². The zero-order valence-electron chi connectivity index (χ0n) is 13.9. The van der Waals surface area contributed by atoms with E-state index in [1.165, 1.54) is 11.4 Å². The summed E-state index contributed by atoms with van der Waals surface area (Å²) in [5.74, 6) is -0.309. The van der Waals surface area contributed by atoms with Gasteiger partial charge in [-0.25, -0.2) is 12.7 Å². The van der Waals surface area contributed by atoms with Gasteiger partial charge in [0.15, 0.2) is 0 Å². The lowest BCUT2D eigenvalue weighted by molar-refractivity contribution is -0.126. The number of carbonyl (C=O) groups is 1. The van der Waals surface area contributed by atoms with Gasteiger partial charge >= 0.3 is 0 Å². The predicted octanol–water partition coefficient (Wildman–Crippen LogP) is -0.257. The molecule has 22 heavy (non-hydrogen) atoms. The van der Waals surface area contributed by atoms with E-state index in [9.17, 15) is 13.2 Å². The van der Waals surface area contributed by atoms with Crippen molar-refractivity contribution in [2.75, 3.05) is 59.7 Å². The summed E-state index contributed by atoms with van der Waals surface area (Å²) in [6.45, 7) is 2.51. The summed E-state index contributed by atoms with van der Waals surface area (Å²) in [7, 11) is 2.14. The standard InChI is InChI=1S/C14H29N3O4S/c1-16(2)8-5-7-15-14(18)13-6-4-9-17(12-13)22(19,20)11-10-21-3/h13H,4-12H2,1-3H3,(H,15,18). The fourth-order valence-electron chi connectivity index (χ4n) is 2.48. The van der Waals surface area contributed by atoms with Crippen LogP contribution in [0.25, 0.3) is 0 Å². The molecule has 0 spiro atoms. The highest BCUT2D eigenvalue weighted by Crippen LogP contribution is 2.19. The van der Waals surface area contributed by atoms with Crippen LogP contribution >= 0.6 is 0 Å². The van der Waals surface area contributed by atoms with Gasteiger partial charge in [-0.15, -0.1) is 0 Å². The quantitative estimate of drug-likeness (QED) is 0.588. The number of nitrogens with one attached hydrogen (secondary N) is 1. The van der Waals surface area contributed by atoms with Gasteiger partial charge in [0.05, 0.1) is 18.3 Å². The summed E-state index contributed by atoms with van der Waals surface area (Å²) < 4.78 is 30.6. The number of nitrogens with zero attached hydrogens (tertiary/aromatic N) is 2. The van der Waals surface area contributed by atoms with Crippen LogP contribution in [-0.2, 0) is 19.6 Å². The first kappa shape index (κ1) is 19.3. The molecule has 0 aromatic heterocycles. The van der Waals surface area contributed by atoms with Gasteiger partial charge in [0.1, 0.15) is 0 Å². The van der Waals surface area contributed by atoms with Crippen molar-refractivity contribution in [3.63, 3.8) is 0 Å². The van der Waals surface area contributed by atoms with Crippen LogP contribution in [0.4, 0.5) is 0 Å². The van der Waals surface area contributed by atoms with Crippen molar-refractivity contribution in [2.24, 2.45) is 5.92 Å². The van der Waals surface area contributed by atoms with Crippen molar-refractivity contribution in [3.8, 4) is 0 Å². The minimum Gasteiger partial charge on any atom is -0.384 e. The molecule has 1 heterocycles. The SMILES string of the molecule is COCCS(=O)(=O)N1CCCC(C(=O)NCCCN(C)C)C1. The molecular formula is C14H29N3O4S. The van der Waals surface area contributed by atoms with Crippen molar-refractivity contribution < 1.29 is 17.9 Å². The van der Waals surface area contributed by atoms with Crippen LogP contribution < -0.4 is 5.32 Å². The van der Waals surface area contributed by atoms with E-state index in [1.807, 2.05) is 14.1 Å². The molecule has 0 radical (unpaired) electrons. The maximum Gasteiger partial charge on any atom is 0.224 e. The number of hydrogen-bond donors (Lipinski definition) is 1. The second kappa shape index (κ2) is 9.44. The van der Waals surface area contributed by atoms with E-state index in [2.05, 4.69) is 10.2 Å². The normalized spacial score (nSPS) is 20.3. The summed E-state index contributed by atoms with van der Waals surface area (Å²) in [6.07, 6.45) is 2.36.